The molecule has 0 aromatic carbocycles. The van der Waals surface area contributed by atoms with Crippen LogP contribution in [0.1, 0.15) is 71.1 Å². The number of Topliss-reactive ketones (excluding diaryl/α,β-unsaturated/α-hetero) is 1. The summed E-state index contributed by atoms with van der Waals surface area (Å²) in [6.45, 7) is 3.55. The van der Waals surface area contributed by atoms with Crippen molar-refractivity contribution >= 4 is 5.78 Å². The Kier molecular flexibility index (Phi) is 5.83. The van der Waals surface area contributed by atoms with E-state index in [0.29, 0.717) is 24.9 Å². The van der Waals surface area contributed by atoms with E-state index >= 15 is 0 Å². The molecule has 1 atom stereocenters. The molecule has 1 saturated carbocycles. The van der Waals surface area contributed by atoms with Crippen LogP contribution in [0.4, 0.5) is 0 Å². The summed E-state index contributed by atoms with van der Waals surface area (Å²) in [5, 5.41) is 0. The van der Waals surface area contributed by atoms with Crippen LogP contribution >= 0.6 is 0 Å². The third kappa shape index (κ3) is 4.03. The molecule has 3 heteroatoms. The van der Waals surface area contributed by atoms with Gasteiger partial charge < -0.3 is 9.47 Å². The molecule has 0 spiro atoms. The molecule has 0 aromatic heterocycles. The Hall–Kier alpha value is -0.410. The van der Waals surface area contributed by atoms with Crippen molar-refractivity contribution in [3.63, 3.8) is 0 Å². The second-order valence-electron chi connectivity index (χ2n) is 5.94. The molecule has 110 valence electrons. The second kappa shape index (κ2) is 7.39. The van der Waals surface area contributed by atoms with Gasteiger partial charge in [-0.2, -0.15) is 0 Å². The summed E-state index contributed by atoms with van der Waals surface area (Å²) in [6, 6.07) is 0. The highest BCUT2D eigenvalue weighted by Crippen LogP contribution is 2.34. The largest absolute Gasteiger partial charge is 0.378 e. The zero-order valence-electron chi connectivity index (χ0n) is 12.3. The lowest BCUT2D eigenvalue weighted by molar-refractivity contribution is -0.149. The number of carbonyl (C=O) groups excluding carboxylic acids is 1. The summed E-state index contributed by atoms with van der Waals surface area (Å²) in [4.78, 5) is 12.5. The topological polar surface area (TPSA) is 35.5 Å². The molecule has 1 aliphatic carbocycles. The van der Waals surface area contributed by atoms with E-state index in [0.717, 1.165) is 45.1 Å². The van der Waals surface area contributed by atoms with Crippen molar-refractivity contribution in [2.45, 2.75) is 82.8 Å². The van der Waals surface area contributed by atoms with E-state index in [1.807, 2.05) is 6.92 Å². The summed E-state index contributed by atoms with van der Waals surface area (Å²) in [6.07, 6.45) is 10.8. The van der Waals surface area contributed by atoms with E-state index in [2.05, 4.69) is 0 Å². The van der Waals surface area contributed by atoms with Crippen molar-refractivity contribution in [1.29, 1.82) is 0 Å². The fourth-order valence-corrected chi connectivity index (χ4v) is 3.49. The first-order valence-corrected chi connectivity index (χ1v) is 8.06. The van der Waals surface area contributed by atoms with Gasteiger partial charge in [-0.1, -0.05) is 19.3 Å². The summed E-state index contributed by atoms with van der Waals surface area (Å²) < 4.78 is 11.5. The van der Waals surface area contributed by atoms with Crippen molar-refractivity contribution in [1.82, 2.24) is 0 Å². The van der Waals surface area contributed by atoms with Crippen LogP contribution in [0.5, 0.6) is 0 Å². The fourth-order valence-electron chi connectivity index (χ4n) is 3.49. The molecule has 2 rings (SSSR count). The molecule has 0 aromatic rings. The van der Waals surface area contributed by atoms with Gasteiger partial charge in [-0.3, -0.25) is 4.79 Å². The Morgan fingerprint density at radius 1 is 1.26 bits per heavy atom. The van der Waals surface area contributed by atoms with Crippen LogP contribution in [0, 0.1) is 0 Å². The molecule has 2 aliphatic rings. The Balaban J connectivity index is 1.78. The molecule has 1 saturated heterocycles. The van der Waals surface area contributed by atoms with E-state index in [4.69, 9.17) is 9.47 Å². The van der Waals surface area contributed by atoms with Crippen molar-refractivity contribution in [2.24, 2.45) is 0 Å². The Morgan fingerprint density at radius 3 is 2.68 bits per heavy atom. The second-order valence-corrected chi connectivity index (χ2v) is 5.94. The molecule has 1 unspecified atom stereocenters. The predicted octanol–water partition coefficient (Wildman–Crippen LogP) is 3.64. The van der Waals surface area contributed by atoms with Crippen LogP contribution in [0.3, 0.4) is 0 Å². The standard InChI is InChI=1S/C16H28O3/c1-2-19-16(11-4-3-5-12-16)15(17)10-6-8-14-9-7-13-18-14/h14H,2-13H2,1H3. The Bertz CT molecular complexity index is 270. The van der Waals surface area contributed by atoms with Gasteiger partial charge in [0.1, 0.15) is 5.60 Å². The van der Waals surface area contributed by atoms with Gasteiger partial charge in [0, 0.05) is 19.6 Å². The molecule has 2 fully saturated rings. The van der Waals surface area contributed by atoms with Crippen molar-refractivity contribution in [2.75, 3.05) is 13.2 Å². The minimum absolute atomic E-state index is 0.340. The first kappa shape index (κ1) is 15.0. The van der Waals surface area contributed by atoms with Gasteiger partial charge in [-0.15, -0.1) is 0 Å². The highest BCUT2D eigenvalue weighted by molar-refractivity contribution is 5.87. The van der Waals surface area contributed by atoms with Crippen LogP contribution in [0.15, 0.2) is 0 Å². The highest BCUT2D eigenvalue weighted by atomic mass is 16.5. The molecule has 1 heterocycles. The van der Waals surface area contributed by atoms with Gasteiger partial charge in [0.2, 0.25) is 0 Å². The summed E-state index contributed by atoms with van der Waals surface area (Å²) >= 11 is 0. The number of ether oxygens (including phenoxy) is 2. The number of rotatable bonds is 7. The first-order valence-electron chi connectivity index (χ1n) is 8.06. The lowest BCUT2D eigenvalue weighted by Gasteiger charge is -2.35. The lowest BCUT2D eigenvalue weighted by atomic mass is 9.80. The molecule has 0 bridgehead atoms. The molecule has 0 amide bonds. The molecular formula is C16H28O3. The van der Waals surface area contributed by atoms with E-state index in [1.54, 1.807) is 0 Å². The number of carbonyl (C=O) groups is 1. The minimum atomic E-state index is -0.441. The lowest BCUT2D eigenvalue weighted by Crippen LogP contribution is -2.43. The average molecular weight is 268 g/mol. The van der Waals surface area contributed by atoms with Crippen LogP contribution in [-0.4, -0.2) is 30.7 Å². The zero-order chi connectivity index (χ0) is 13.6. The average Bonchev–Trinajstić information content (AvgIpc) is 2.93. The molecule has 19 heavy (non-hydrogen) atoms. The summed E-state index contributed by atoms with van der Waals surface area (Å²) in [5.74, 6) is 0.340. The highest BCUT2D eigenvalue weighted by Gasteiger charge is 2.39. The SMILES string of the molecule is CCOC1(C(=O)CCCC2CCCO2)CCCCC1. The zero-order valence-corrected chi connectivity index (χ0v) is 12.3. The van der Waals surface area contributed by atoms with Crippen LogP contribution < -0.4 is 0 Å². The molecule has 0 radical (unpaired) electrons. The van der Waals surface area contributed by atoms with Crippen LogP contribution in [-0.2, 0) is 14.3 Å². The maximum Gasteiger partial charge on any atom is 0.164 e. The van der Waals surface area contributed by atoms with Gasteiger partial charge in [0.25, 0.3) is 0 Å². The molecular weight excluding hydrogens is 240 g/mol. The Labute approximate surface area is 117 Å². The van der Waals surface area contributed by atoms with Gasteiger partial charge in [0.05, 0.1) is 6.10 Å². The van der Waals surface area contributed by atoms with Gasteiger partial charge in [0.15, 0.2) is 5.78 Å². The normalized spacial score (nSPS) is 26.5. The van der Waals surface area contributed by atoms with Gasteiger partial charge >= 0.3 is 0 Å². The third-order valence-electron chi connectivity index (χ3n) is 4.54. The summed E-state index contributed by atoms with van der Waals surface area (Å²) in [7, 11) is 0. The van der Waals surface area contributed by atoms with Crippen LogP contribution in [0.2, 0.25) is 0 Å². The van der Waals surface area contributed by atoms with Crippen LogP contribution in [0.25, 0.3) is 0 Å². The number of hydrogen-bond acceptors (Lipinski definition) is 3. The van der Waals surface area contributed by atoms with E-state index in [1.165, 1.54) is 19.3 Å². The van der Waals surface area contributed by atoms with Crippen molar-refractivity contribution < 1.29 is 14.3 Å². The van der Waals surface area contributed by atoms with E-state index in [9.17, 15) is 4.79 Å². The molecule has 3 nitrogen and oxygen atoms in total. The Morgan fingerprint density at radius 2 is 2.05 bits per heavy atom. The first-order chi connectivity index (χ1) is 9.27. The monoisotopic (exact) mass is 268 g/mol. The molecule has 1 aliphatic heterocycles. The fraction of sp³-hybridized carbons (Fsp3) is 0.938. The van der Waals surface area contributed by atoms with Crippen molar-refractivity contribution in [3.05, 3.63) is 0 Å². The van der Waals surface area contributed by atoms with Crippen molar-refractivity contribution in [3.8, 4) is 0 Å². The van der Waals surface area contributed by atoms with Gasteiger partial charge in [-0.25, -0.2) is 0 Å². The number of ketones is 1. The number of hydrogen-bond donors (Lipinski definition) is 0. The third-order valence-corrected chi connectivity index (χ3v) is 4.54. The van der Waals surface area contributed by atoms with E-state index < -0.39 is 5.60 Å². The maximum atomic E-state index is 12.5. The van der Waals surface area contributed by atoms with E-state index in [-0.39, 0.29) is 0 Å². The smallest absolute Gasteiger partial charge is 0.164 e. The van der Waals surface area contributed by atoms with Gasteiger partial charge in [-0.05, 0) is 45.4 Å². The predicted molar refractivity (Wildman–Crippen MR) is 75.3 cm³/mol. The quantitative estimate of drug-likeness (QED) is 0.707. The minimum Gasteiger partial charge on any atom is -0.378 e. The summed E-state index contributed by atoms with van der Waals surface area (Å²) in [5.41, 5.74) is -0.441. The molecule has 0 N–H and O–H groups in total. The maximum absolute atomic E-state index is 12.5.